The van der Waals surface area contributed by atoms with Gasteiger partial charge in [-0.25, -0.2) is 0 Å². The first-order chi connectivity index (χ1) is 11.7. The molecule has 5 rings (SSSR count). The molecule has 1 amide bonds. The average molecular weight is 337 g/mol. The highest BCUT2D eigenvalue weighted by Gasteiger charge is 2.35. The zero-order valence-electron chi connectivity index (χ0n) is 13.4. The molecule has 4 nitrogen and oxygen atoms in total. The Kier molecular flexibility index (Phi) is 4.09. The summed E-state index contributed by atoms with van der Waals surface area (Å²) in [6.07, 6.45) is 2.40. The topological polar surface area (TPSA) is 56.1 Å². The van der Waals surface area contributed by atoms with Gasteiger partial charge in [-0.2, -0.15) is 5.26 Å². The predicted molar refractivity (Wildman–Crippen MR) is 94.9 cm³/mol. The normalized spacial score (nSPS) is 25.2. The molecule has 3 aliphatic heterocycles. The van der Waals surface area contributed by atoms with Crippen molar-refractivity contribution in [3.8, 4) is 16.5 Å². The lowest BCUT2D eigenvalue weighted by Crippen LogP contribution is -2.57. The van der Waals surface area contributed by atoms with Crippen LogP contribution in [0.3, 0.4) is 0 Å². The second kappa shape index (κ2) is 6.39. The summed E-state index contributed by atoms with van der Waals surface area (Å²) in [7, 11) is 0. The molecule has 0 spiro atoms. The minimum atomic E-state index is 0.0404. The number of piperidine rings is 3. The van der Waals surface area contributed by atoms with Gasteiger partial charge in [-0.05, 0) is 61.7 Å². The number of nitrogens with one attached hydrogen (secondary N) is 1. The van der Waals surface area contributed by atoms with E-state index in [0.29, 0.717) is 17.5 Å². The number of fused-ring (bicyclic) bond motifs is 3. The monoisotopic (exact) mass is 337 g/mol. The highest BCUT2D eigenvalue weighted by atomic mass is 32.1. The standard InChI is InChI=1S/C19H19N3OS/c20-11-13-1-3-15(4-2-13)17-5-6-18(24-17)19(23)21-16-12-22-9-7-14(16)8-10-22/h1-6,14,16H,7-10,12H2,(H,21,23)/t16-/m0/s1. The van der Waals surface area contributed by atoms with Crippen LogP contribution in [0.15, 0.2) is 36.4 Å². The molecule has 2 aromatic rings. The number of benzene rings is 1. The Morgan fingerprint density at radius 3 is 2.54 bits per heavy atom. The predicted octanol–water partition coefficient (Wildman–Crippen LogP) is 3.11. The van der Waals surface area contributed by atoms with Gasteiger partial charge in [0.1, 0.15) is 0 Å². The number of nitriles is 1. The SMILES string of the molecule is N#Cc1ccc(-c2ccc(C(=O)N[C@H]3CN4CCC3CC4)s2)cc1. The Bertz CT molecular complexity index is 782. The van der Waals surface area contributed by atoms with E-state index in [4.69, 9.17) is 5.26 Å². The van der Waals surface area contributed by atoms with E-state index in [1.807, 2.05) is 36.4 Å². The van der Waals surface area contributed by atoms with Crippen molar-refractivity contribution in [1.82, 2.24) is 10.2 Å². The van der Waals surface area contributed by atoms with Crippen molar-refractivity contribution < 1.29 is 4.79 Å². The molecule has 0 saturated carbocycles. The number of carbonyl (C=O) groups is 1. The molecule has 3 aliphatic rings. The summed E-state index contributed by atoms with van der Waals surface area (Å²) in [6, 6.07) is 13.8. The molecule has 1 N–H and O–H groups in total. The fourth-order valence-corrected chi connectivity index (χ4v) is 4.61. The maximum atomic E-state index is 12.6. The maximum absolute atomic E-state index is 12.6. The van der Waals surface area contributed by atoms with Crippen LogP contribution in [0.4, 0.5) is 0 Å². The molecular formula is C19H19N3OS. The molecule has 1 atom stereocenters. The molecule has 3 saturated heterocycles. The van der Waals surface area contributed by atoms with Crippen LogP contribution in [0, 0.1) is 17.2 Å². The minimum absolute atomic E-state index is 0.0404. The second-order valence-corrected chi connectivity index (χ2v) is 7.65. The smallest absolute Gasteiger partial charge is 0.261 e. The van der Waals surface area contributed by atoms with E-state index in [0.717, 1.165) is 21.9 Å². The van der Waals surface area contributed by atoms with E-state index >= 15 is 0 Å². The van der Waals surface area contributed by atoms with Gasteiger partial charge >= 0.3 is 0 Å². The summed E-state index contributed by atoms with van der Waals surface area (Å²) >= 11 is 1.51. The summed E-state index contributed by atoms with van der Waals surface area (Å²) < 4.78 is 0. The highest BCUT2D eigenvalue weighted by Crippen LogP contribution is 2.30. The van der Waals surface area contributed by atoms with Crippen LogP contribution < -0.4 is 5.32 Å². The number of rotatable bonds is 3. The molecular weight excluding hydrogens is 318 g/mol. The molecule has 24 heavy (non-hydrogen) atoms. The fraction of sp³-hybridized carbons (Fsp3) is 0.368. The van der Waals surface area contributed by atoms with Crippen LogP contribution in [-0.2, 0) is 0 Å². The Labute approximate surface area is 145 Å². The average Bonchev–Trinajstić information content (AvgIpc) is 3.13. The van der Waals surface area contributed by atoms with Crippen LogP contribution in [0.2, 0.25) is 0 Å². The zero-order chi connectivity index (χ0) is 16.5. The third-order valence-corrected chi connectivity index (χ3v) is 6.23. The Hall–Kier alpha value is -2.16. The van der Waals surface area contributed by atoms with E-state index in [9.17, 15) is 4.79 Å². The lowest BCUT2D eigenvalue weighted by Gasteiger charge is -2.44. The number of carbonyl (C=O) groups excluding carboxylic acids is 1. The van der Waals surface area contributed by atoms with E-state index in [-0.39, 0.29) is 5.91 Å². The van der Waals surface area contributed by atoms with Crippen molar-refractivity contribution in [2.24, 2.45) is 5.92 Å². The molecule has 0 unspecified atom stereocenters. The number of thiophene rings is 1. The van der Waals surface area contributed by atoms with Gasteiger partial charge in [0.2, 0.25) is 0 Å². The van der Waals surface area contributed by atoms with Gasteiger partial charge in [0.25, 0.3) is 5.91 Å². The van der Waals surface area contributed by atoms with Crippen molar-refractivity contribution in [2.75, 3.05) is 19.6 Å². The number of amides is 1. The van der Waals surface area contributed by atoms with E-state index in [2.05, 4.69) is 16.3 Å². The van der Waals surface area contributed by atoms with Gasteiger partial charge < -0.3 is 10.2 Å². The Morgan fingerprint density at radius 2 is 1.92 bits per heavy atom. The molecule has 5 heteroatoms. The van der Waals surface area contributed by atoms with Crippen LogP contribution in [0.5, 0.6) is 0 Å². The molecule has 3 fully saturated rings. The lowest BCUT2D eigenvalue weighted by atomic mass is 9.84. The maximum Gasteiger partial charge on any atom is 0.261 e. The van der Waals surface area contributed by atoms with E-state index < -0.39 is 0 Å². The first-order valence-corrected chi connectivity index (χ1v) is 9.18. The van der Waals surface area contributed by atoms with Crippen molar-refractivity contribution in [3.63, 3.8) is 0 Å². The van der Waals surface area contributed by atoms with Crippen molar-refractivity contribution in [1.29, 1.82) is 5.26 Å². The first kappa shape index (κ1) is 15.4. The summed E-state index contributed by atoms with van der Waals surface area (Å²) in [5, 5.41) is 12.1. The summed E-state index contributed by atoms with van der Waals surface area (Å²) in [6.45, 7) is 3.35. The van der Waals surface area contributed by atoms with Gasteiger partial charge in [-0.3, -0.25) is 4.79 Å². The molecule has 0 aliphatic carbocycles. The van der Waals surface area contributed by atoms with E-state index in [1.165, 1.54) is 37.3 Å². The zero-order valence-corrected chi connectivity index (χ0v) is 14.2. The van der Waals surface area contributed by atoms with Crippen LogP contribution in [-0.4, -0.2) is 36.5 Å². The van der Waals surface area contributed by atoms with Crippen molar-refractivity contribution >= 4 is 17.2 Å². The molecule has 4 heterocycles. The third kappa shape index (κ3) is 2.95. The highest BCUT2D eigenvalue weighted by molar-refractivity contribution is 7.17. The quantitative estimate of drug-likeness (QED) is 0.936. The summed E-state index contributed by atoms with van der Waals surface area (Å²) in [5.41, 5.74) is 1.69. The number of hydrogen-bond acceptors (Lipinski definition) is 4. The second-order valence-electron chi connectivity index (χ2n) is 6.57. The van der Waals surface area contributed by atoms with Crippen molar-refractivity contribution in [2.45, 2.75) is 18.9 Å². The number of nitrogens with zero attached hydrogens (tertiary/aromatic N) is 2. The van der Waals surface area contributed by atoms with E-state index in [1.54, 1.807) is 0 Å². The minimum Gasteiger partial charge on any atom is -0.347 e. The van der Waals surface area contributed by atoms with Crippen LogP contribution in [0.1, 0.15) is 28.1 Å². The lowest BCUT2D eigenvalue weighted by molar-refractivity contribution is 0.0622. The van der Waals surface area contributed by atoms with Crippen molar-refractivity contribution in [3.05, 3.63) is 46.8 Å². The van der Waals surface area contributed by atoms with Crippen LogP contribution >= 0.6 is 11.3 Å². The van der Waals surface area contributed by atoms with Gasteiger partial charge in [-0.15, -0.1) is 11.3 Å². The molecule has 122 valence electrons. The van der Waals surface area contributed by atoms with Gasteiger partial charge in [0, 0.05) is 17.5 Å². The molecule has 1 aromatic heterocycles. The van der Waals surface area contributed by atoms with Crippen LogP contribution in [0.25, 0.3) is 10.4 Å². The molecule has 0 radical (unpaired) electrons. The fourth-order valence-electron chi connectivity index (χ4n) is 3.69. The third-order valence-electron chi connectivity index (χ3n) is 5.10. The van der Waals surface area contributed by atoms with Gasteiger partial charge in [0.05, 0.1) is 16.5 Å². The summed E-state index contributed by atoms with van der Waals surface area (Å²) in [5.74, 6) is 0.676. The summed E-state index contributed by atoms with van der Waals surface area (Å²) in [4.78, 5) is 16.8. The Morgan fingerprint density at radius 1 is 1.17 bits per heavy atom. The first-order valence-electron chi connectivity index (χ1n) is 8.36. The molecule has 1 aromatic carbocycles. The van der Waals surface area contributed by atoms with Gasteiger partial charge in [-0.1, -0.05) is 12.1 Å². The Balaban J connectivity index is 1.46. The largest absolute Gasteiger partial charge is 0.347 e. The van der Waals surface area contributed by atoms with Gasteiger partial charge in [0.15, 0.2) is 0 Å². The number of hydrogen-bond donors (Lipinski definition) is 1. The molecule has 2 bridgehead atoms.